The molecule has 14 heavy (non-hydrogen) atoms. The van der Waals surface area contributed by atoms with Crippen LogP contribution in [0.5, 0.6) is 0 Å². The highest BCUT2D eigenvalue weighted by atomic mass is 79.9. The molecular weight excluding hydrogens is 264 g/mol. The summed E-state index contributed by atoms with van der Waals surface area (Å²) in [5, 5.41) is 2.79. The van der Waals surface area contributed by atoms with Crippen LogP contribution in [-0.2, 0) is 0 Å². The van der Waals surface area contributed by atoms with Gasteiger partial charge < -0.3 is 11.1 Å². The fraction of sp³-hybridized carbons (Fsp3) is 0.444. The van der Waals surface area contributed by atoms with Crippen molar-refractivity contribution in [3.63, 3.8) is 0 Å². The lowest BCUT2D eigenvalue weighted by Crippen LogP contribution is -2.36. The van der Waals surface area contributed by atoms with Crippen molar-refractivity contribution in [1.29, 1.82) is 0 Å². The summed E-state index contributed by atoms with van der Waals surface area (Å²) in [5.41, 5.74) is 5.68. The van der Waals surface area contributed by atoms with Crippen LogP contribution in [-0.4, -0.2) is 18.5 Å². The Labute approximate surface area is 95.8 Å². The first kappa shape index (κ1) is 11.7. The highest BCUT2D eigenvalue weighted by molar-refractivity contribution is 9.11. The molecule has 3 N–H and O–H groups in total. The Kier molecular flexibility index (Phi) is 4.57. The van der Waals surface area contributed by atoms with Crippen LogP contribution in [0.2, 0.25) is 0 Å². The van der Waals surface area contributed by atoms with Crippen LogP contribution >= 0.6 is 27.3 Å². The van der Waals surface area contributed by atoms with E-state index >= 15 is 0 Å². The first-order valence-electron chi connectivity index (χ1n) is 4.42. The number of rotatable bonds is 4. The number of nitrogens with two attached hydrogens (primary N) is 1. The number of thiophene rings is 1. The molecule has 1 amide bonds. The normalized spacial score (nSPS) is 12.5. The zero-order valence-electron chi connectivity index (χ0n) is 7.92. The van der Waals surface area contributed by atoms with E-state index in [2.05, 4.69) is 21.2 Å². The van der Waals surface area contributed by atoms with Gasteiger partial charge in [-0.05, 0) is 34.5 Å². The molecule has 0 saturated heterocycles. The summed E-state index contributed by atoms with van der Waals surface area (Å²) >= 11 is 4.73. The maximum absolute atomic E-state index is 11.5. The van der Waals surface area contributed by atoms with Crippen LogP contribution in [0.4, 0.5) is 0 Å². The van der Waals surface area contributed by atoms with Crippen molar-refractivity contribution in [2.45, 2.75) is 19.4 Å². The number of amides is 1. The lowest BCUT2D eigenvalue weighted by atomic mass is 10.2. The number of hydrogen-bond acceptors (Lipinski definition) is 3. The van der Waals surface area contributed by atoms with E-state index in [-0.39, 0.29) is 11.9 Å². The Balaban J connectivity index is 2.43. The quantitative estimate of drug-likeness (QED) is 0.884. The van der Waals surface area contributed by atoms with E-state index in [1.54, 1.807) is 6.07 Å². The molecule has 0 bridgehead atoms. The maximum Gasteiger partial charge on any atom is 0.261 e. The van der Waals surface area contributed by atoms with Crippen LogP contribution < -0.4 is 11.1 Å². The molecule has 1 heterocycles. The Bertz CT molecular complexity index is 314. The van der Waals surface area contributed by atoms with Gasteiger partial charge in [0.15, 0.2) is 0 Å². The summed E-state index contributed by atoms with van der Waals surface area (Å²) in [6.45, 7) is 2.53. The molecule has 1 aromatic rings. The Morgan fingerprint density at radius 2 is 2.43 bits per heavy atom. The van der Waals surface area contributed by atoms with Crippen LogP contribution in [0.15, 0.2) is 15.9 Å². The summed E-state index contributed by atoms with van der Waals surface area (Å²) in [6, 6.07) is 3.70. The van der Waals surface area contributed by atoms with Gasteiger partial charge in [0.05, 0.1) is 8.66 Å². The fourth-order valence-corrected chi connectivity index (χ4v) is 2.19. The number of carbonyl (C=O) groups excluding carboxylic acids is 1. The van der Waals surface area contributed by atoms with Crippen molar-refractivity contribution in [3.8, 4) is 0 Å². The second-order valence-corrected chi connectivity index (χ2v) is 5.45. The molecule has 0 fully saturated rings. The van der Waals surface area contributed by atoms with E-state index in [1.807, 2.05) is 13.0 Å². The molecule has 0 aliphatic rings. The SMILES string of the molecule is CCC(N)CNC(=O)c1ccc(Br)s1. The predicted octanol–water partition coefficient (Wildman–Crippen LogP) is 1.98. The first-order valence-corrected chi connectivity index (χ1v) is 6.03. The minimum absolute atomic E-state index is 0.0438. The Morgan fingerprint density at radius 1 is 1.71 bits per heavy atom. The van der Waals surface area contributed by atoms with E-state index < -0.39 is 0 Å². The molecule has 0 aliphatic carbocycles. The zero-order valence-corrected chi connectivity index (χ0v) is 10.3. The number of halogens is 1. The molecule has 1 atom stereocenters. The molecule has 78 valence electrons. The minimum Gasteiger partial charge on any atom is -0.350 e. The van der Waals surface area contributed by atoms with E-state index in [0.717, 1.165) is 10.2 Å². The Hall–Kier alpha value is -0.390. The molecule has 1 unspecified atom stereocenters. The standard InChI is InChI=1S/C9H13BrN2OS/c1-2-6(11)5-12-9(13)7-3-4-8(10)14-7/h3-4,6H,2,5,11H2,1H3,(H,12,13). The van der Waals surface area contributed by atoms with Gasteiger partial charge in [-0.25, -0.2) is 0 Å². The minimum atomic E-state index is -0.0513. The molecule has 0 aliphatic heterocycles. The Morgan fingerprint density at radius 3 is 2.93 bits per heavy atom. The second-order valence-electron chi connectivity index (χ2n) is 2.98. The zero-order chi connectivity index (χ0) is 10.6. The highest BCUT2D eigenvalue weighted by Gasteiger charge is 2.08. The van der Waals surface area contributed by atoms with E-state index in [9.17, 15) is 4.79 Å². The molecule has 5 heteroatoms. The van der Waals surface area contributed by atoms with Crippen molar-refractivity contribution in [2.24, 2.45) is 5.73 Å². The van der Waals surface area contributed by atoms with E-state index in [0.29, 0.717) is 11.4 Å². The van der Waals surface area contributed by atoms with Crippen molar-refractivity contribution in [3.05, 3.63) is 20.8 Å². The van der Waals surface area contributed by atoms with Gasteiger partial charge in [-0.2, -0.15) is 0 Å². The van der Waals surface area contributed by atoms with Gasteiger partial charge in [-0.15, -0.1) is 11.3 Å². The summed E-state index contributed by atoms with van der Waals surface area (Å²) in [7, 11) is 0. The van der Waals surface area contributed by atoms with Crippen molar-refractivity contribution in [1.82, 2.24) is 5.32 Å². The van der Waals surface area contributed by atoms with Crippen molar-refractivity contribution in [2.75, 3.05) is 6.54 Å². The average molecular weight is 277 g/mol. The lowest BCUT2D eigenvalue weighted by Gasteiger charge is -2.08. The lowest BCUT2D eigenvalue weighted by molar-refractivity contribution is 0.0955. The predicted molar refractivity (Wildman–Crippen MR) is 62.6 cm³/mol. The summed E-state index contributed by atoms with van der Waals surface area (Å²) in [4.78, 5) is 12.2. The molecule has 1 rings (SSSR count). The van der Waals surface area contributed by atoms with Gasteiger partial charge >= 0.3 is 0 Å². The first-order chi connectivity index (χ1) is 6.63. The molecule has 1 aromatic heterocycles. The second kappa shape index (κ2) is 5.48. The van der Waals surface area contributed by atoms with Crippen molar-refractivity contribution >= 4 is 33.2 Å². The maximum atomic E-state index is 11.5. The summed E-state index contributed by atoms with van der Waals surface area (Å²) in [6.07, 6.45) is 0.869. The van der Waals surface area contributed by atoms with Crippen LogP contribution in [0.3, 0.4) is 0 Å². The van der Waals surface area contributed by atoms with E-state index in [4.69, 9.17) is 5.73 Å². The average Bonchev–Trinajstić information content (AvgIpc) is 2.60. The third kappa shape index (κ3) is 3.40. The molecular formula is C9H13BrN2OS. The van der Waals surface area contributed by atoms with Crippen LogP contribution in [0, 0.1) is 0 Å². The van der Waals surface area contributed by atoms with E-state index in [1.165, 1.54) is 11.3 Å². The number of nitrogens with one attached hydrogen (secondary N) is 1. The summed E-state index contributed by atoms with van der Waals surface area (Å²) < 4.78 is 0.961. The summed E-state index contributed by atoms with van der Waals surface area (Å²) in [5.74, 6) is -0.0513. The van der Waals surface area contributed by atoms with Crippen LogP contribution in [0.25, 0.3) is 0 Å². The third-order valence-electron chi connectivity index (χ3n) is 1.85. The molecule has 0 spiro atoms. The molecule has 0 aromatic carbocycles. The van der Waals surface area contributed by atoms with Gasteiger partial charge in [-0.3, -0.25) is 4.79 Å². The van der Waals surface area contributed by atoms with Gasteiger partial charge in [0.25, 0.3) is 5.91 Å². The third-order valence-corrected chi connectivity index (χ3v) is 3.47. The van der Waals surface area contributed by atoms with Crippen LogP contribution in [0.1, 0.15) is 23.0 Å². The van der Waals surface area contributed by atoms with Gasteiger partial charge in [0.1, 0.15) is 0 Å². The fourth-order valence-electron chi connectivity index (χ4n) is 0.892. The van der Waals surface area contributed by atoms with Gasteiger partial charge in [0.2, 0.25) is 0 Å². The number of carbonyl (C=O) groups is 1. The molecule has 3 nitrogen and oxygen atoms in total. The van der Waals surface area contributed by atoms with Crippen molar-refractivity contribution < 1.29 is 4.79 Å². The largest absolute Gasteiger partial charge is 0.350 e. The van der Waals surface area contributed by atoms with Gasteiger partial charge in [0, 0.05) is 12.6 Å². The van der Waals surface area contributed by atoms with Gasteiger partial charge in [-0.1, -0.05) is 6.92 Å². The monoisotopic (exact) mass is 276 g/mol. The highest BCUT2D eigenvalue weighted by Crippen LogP contribution is 2.21. The smallest absolute Gasteiger partial charge is 0.261 e. The molecule has 0 saturated carbocycles. The number of hydrogen-bond donors (Lipinski definition) is 2. The molecule has 0 radical (unpaired) electrons. The topological polar surface area (TPSA) is 55.1 Å².